The van der Waals surface area contributed by atoms with E-state index >= 15 is 0 Å². The molecule has 2 N–H and O–H groups in total. The van der Waals surface area contributed by atoms with Crippen LogP contribution in [-0.2, 0) is 0 Å². The molecule has 7 heavy (non-hydrogen) atoms. The average molecular weight is 103 g/mol. The molecule has 0 amide bonds. The van der Waals surface area contributed by atoms with Crippen molar-refractivity contribution in [1.29, 1.82) is 0 Å². The van der Waals surface area contributed by atoms with Crippen LogP contribution in [0.15, 0.2) is 0 Å². The lowest BCUT2D eigenvalue weighted by atomic mass is 10.2. The van der Waals surface area contributed by atoms with Gasteiger partial charge >= 0.3 is 0 Å². The predicted octanol–water partition coefficient (Wildman–Crippen LogP) is 0.683. The Morgan fingerprint density at radius 1 is 1.57 bits per heavy atom. The highest BCUT2D eigenvalue weighted by atomic mass is 16.3. The van der Waals surface area contributed by atoms with Crippen molar-refractivity contribution in [3.63, 3.8) is 0 Å². The SMILES string of the molecule is CCC[C](O)CO. The molecule has 0 aromatic rings. The second kappa shape index (κ2) is 4.09. The maximum absolute atomic E-state index is 8.52. The number of aliphatic hydroxyl groups is 2. The second-order valence-electron chi connectivity index (χ2n) is 1.47. The van der Waals surface area contributed by atoms with Crippen LogP contribution in [0.5, 0.6) is 0 Å². The summed E-state index contributed by atoms with van der Waals surface area (Å²) in [7, 11) is 0. The summed E-state index contributed by atoms with van der Waals surface area (Å²) in [6, 6.07) is 0. The van der Waals surface area contributed by atoms with E-state index in [1.165, 1.54) is 0 Å². The summed E-state index contributed by atoms with van der Waals surface area (Å²) in [6.45, 7) is 1.76. The molecule has 0 spiro atoms. The van der Waals surface area contributed by atoms with E-state index in [4.69, 9.17) is 10.2 Å². The Balaban J connectivity index is 2.83. The van der Waals surface area contributed by atoms with Crippen LogP contribution in [0.3, 0.4) is 0 Å². The summed E-state index contributed by atoms with van der Waals surface area (Å²) in [5.74, 6) is 0. The molecule has 0 atom stereocenters. The van der Waals surface area contributed by atoms with Gasteiger partial charge in [-0.2, -0.15) is 0 Å². The van der Waals surface area contributed by atoms with Crippen LogP contribution in [0.25, 0.3) is 0 Å². The maximum atomic E-state index is 8.52. The standard InChI is InChI=1S/C5H11O2/c1-2-3-5(7)4-6/h6-7H,2-4H2,1H3. The van der Waals surface area contributed by atoms with Crippen LogP contribution in [0.1, 0.15) is 19.8 Å². The summed E-state index contributed by atoms with van der Waals surface area (Å²) < 4.78 is 0. The highest BCUT2D eigenvalue weighted by molar-refractivity contribution is 4.71. The van der Waals surface area contributed by atoms with Gasteiger partial charge in [-0.1, -0.05) is 13.3 Å². The van der Waals surface area contributed by atoms with Gasteiger partial charge in [0.15, 0.2) is 0 Å². The van der Waals surface area contributed by atoms with Gasteiger partial charge in [-0.25, -0.2) is 0 Å². The van der Waals surface area contributed by atoms with Gasteiger partial charge in [-0.3, -0.25) is 0 Å². The van der Waals surface area contributed by atoms with Gasteiger partial charge in [0.25, 0.3) is 0 Å². The number of hydrogen-bond donors (Lipinski definition) is 2. The zero-order chi connectivity index (χ0) is 5.70. The monoisotopic (exact) mass is 103 g/mol. The third kappa shape index (κ3) is 3.76. The van der Waals surface area contributed by atoms with E-state index in [1.807, 2.05) is 6.92 Å². The van der Waals surface area contributed by atoms with Crippen molar-refractivity contribution >= 4 is 0 Å². The Labute approximate surface area is 43.8 Å². The molecular weight excluding hydrogens is 92.1 g/mol. The summed E-state index contributed by atoms with van der Waals surface area (Å²) >= 11 is 0. The van der Waals surface area contributed by atoms with Crippen LogP contribution in [0.2, 0.25) is 0 Å². The van der Waals surface area contributed by atoms with Crippen LogP contribution in [-0.4, -0.2) is 16.8 Å². The van der Waals surface area contributed by atoms with Crippen LogP contribution >= 0.6 is 0 Å². The van der Waals surface area contributed by atoms with Crippen LogP contribution in [0, 0.1) is 6.10 Å². The predicted molar refractivity (Wildman–Crippen MR) is 27.2 cm³/mol. The Hall–Kier alpha value is -0.0800. The number of rotatable bonds is 3. The Morgan fingerprint density at radius 2 is 2.14 bits per heavy atom. The molecule has 0 aliphatic carbocycles. The van der Waals surface area contributed by atoms with Gasteiger partial charge in [-0.05, 0) is 6.42 Å². The van der Waals surface area contributed by atoms with Crippen molar-refractivity contribution in [1.82, 2.24) is 0 Å². The fraction of sp³-hybridized carbons (Fsp3) is 0.800. The molecule has 1 radical (unpaired) electrons. The molecule has 0 saturated heterocycles. The topological polar surface area (TPSA) is 40.5 Å². The van der Waals surface area contributed by atoms with Gasteiger partial charge < -0.3 is 10.2 Å². The van der Waals surface area contributed by atoms with Crippen molar-refractivity contribution in [3.8, 4) is 0 Å². The highest BCUT2D eigenvalue weighted by Gasteiger charge is 1.97. The van der Waals surface area contributed by atoms with Gasteiger partial charge in [0.1, 0.15) is 6.10 Å². The van der Waals surface area contributed by atoms with Crippen LogP contribution in [0.4, 0.5) is 0 Å². The first-order valence-corrected chi connectivity index (χ1v) is 2.45. The van der Waals surface area contributed by atoms with Gasteiger partial charge in [0, 0.05) is 0 Å². The van der Waals surface area contributed by atoms with Crippen molar-refractivity contribution in [2.24, 2.45) is 0 Å². The summed E-state index contributed by atoms with van der Waals surface area (Å²) in [6.07, 6.45) is 1.70. The van der Waals surface area contributed by atoms with Crippen LogP contribution < -0.4 is 0 Å². The molecule has 0 saturated carbocycles. The Bertz CT molecular complexity index is 37.1. The third-order valence-electron chi connectivity index (χ3n) is 0.721. The molecule has 2 heteroatoms. The largest absolute Gasteiger partial charge is 0.393 e. The molecule has 0 aromatic carbocycles. The maximum Gasteiger partial charge on any atom is 0.118 e. The van der Waals surface area contributed by atoms with Crippen molar-refractivity contribution < 1.29 is 10.2 Å². The molecule has 2 nitrogen and oxygen atoms in total. The molecule has 0 aromatic heterocycles. The van der Waals surface area contributed by atoms with E-state index in [0.717, 1.165) is 6.42 Å². The lowest BCUT2D eigenvalue weighted by molar-refractivity contribution is 0.176. The van der Waals surface area contributed by atoms with E-state index in [2.05, 4.69) is 0 Å². The lowest BCUT2D eigenvalue weighted by Crippen LogP contribution is -1.99. The van der Waals surface area contributed by atoms with E-state index in [0.29, 0.717) is 6.42 Å². The summed E-state index contributed by atoms with van der Waals surface area (Å²) in [4.78, 5) is 0. The summed E-state index contributed by atoms with van der Waals surface area (Å²) in [5, 5.41) is 16.7. The molecule has 43 valence electrons. The molecular formula is C5H11O2. The molecule has 0 heterocycles. The smallest absolute Gasteiger partial charge is 0.118 e. The number of hydrogen-bond acceptors (Lipinski definition) is 2. The molecule has 0 aliphatic rings. The Kier molecular flexibility index (Phi) is 4.04. The third-order valence-corrected chi connectivity index (χ3v) is 0.721. The van der Waals surface area contributed by atoms with Crippen molar-refractivity contribution in [2.75, 3.05) is 6.61 Å². The minimum Gasteiger partial charge on any atom is -0.393 e. The first kappa shape index (κ1) is 6.92. The Morgan fingerprint density at radius 3 is 2.29 bits per heavy atom. The zero-order valence-electron chi connectivity index (χ0n) is 4.52. The first-order valence-electron chi connectivity index (χ1n) is 2.45. The summed E-state index contributed by atoms with van der Waals surface area (Å²) in [5.41, 5.74) is 0. The molecule has 0 bridgehead atoms. The van der Waals surface area contributed by atoms with E-state index < -0.39 is 0 Å². The lowest BCUT2D eigenvalue weighted by Gasteiger charge is -1.99. The van der Waals surface area contributed by atoms with Crippen molar-refractivity contribution in [2.45, 2.75) is 19.8 Å². The van der Waals surface area contributed by atoms with E-state index in [1.54, 1.807) is 0 Å². The highest BCUT2D eigenvalue weighted by Crippen LogP contribution is 2.00. The van der Waals surface area contributed by atoms with Crippen molar-refractivity contribution in [3.05, 3.63) is 6.10 Å². The quantitative estimate of drug-likeness (QED) is 0.551. The molecule has 0 unspecified atom stereocenters. The molecule has 0 aliphatic heterocycles. The van der Waals surface area contributed by atoms with E-state index in [-0.39, 0.29) is 12.7 Å². The fourth-order valence-electron chi connectivity index (χ4n) is 0.368. The second-order valence-corrected chi connectivity index (χ2v) is 1.47. The average Bonchev–Trinajstić information content (AvgIpc) is 1.68. The minimum absolute atomic E-state index is 0.183. The first-order chi connectivity index (χ1) is 3.31. The molecule has 0 rings (SSSR count). The van der Waals surface area contributed by atoms with Gasteiger partial charge in [-0.15, -0.1) is 0 Å². The van der Waals surface area contributed by atoms with Gasteiger partial charge in [0.2, 0.25) is 0 Å². The fourth-order valence-corrected chi connectivity index (χ4v) is 0.368. The number of aliphatic hydroxyl groups excluding tert-OH is 2. The molecule has 0 fully saturated rings. The minimum atomic E-state index is -0.187. The zero-order valence-corrected chi connectivity index (χ0v) is 4.52. The van der Waals surface area contributed by atoms with Gasteiger partial charge in [0.05, 0.1) is 6.61 Å². The normalized spacial score (nSPS) is 10.3. The van der Waals surface area contributed by atoms with E-state index in [9.17, 15) is 0 Å².